The molecule has 1 fully saturated rings. The summed E-state index contributed by atoms with van der Waals surface area (Å²) in [5, 5.41) is 11.2. The molecule has 2 aromatic rings. The summed E-state index contributed by atoms with van der Waals surface area (Å²) in [6.45, 7) is 4.35. The smallest absolute Gasteiger partial charge is 0.239 e. The number of hydrogen-bond donors (Lipinski definition) is 1. The van der Waals surface area contributed by atoms with Gasteiger partial charge < -0.3 is 10.1 Å². The summed E-state index contributed by atoms with van der Waals surface area (Å²) in [5.74, 6) is 0.438. The van der Waals surface area contributed by atoms with Crippen molar-refractivity contribution >= 4 is 28.5 Å². The van der Waals surface area contributed by atoms with Crippen LogP contribution >= 0.6 is 11.8 Å². The predicted octanol–water partition coefficient (Wildman–Crippen LogP) is 3.78. The molecule has 27 heavy (non-hydrogen) atoms. The van der Waals surface area contributed by atoms with Crippen molar-refractivity contribution < 1.29 is 13.9 Å². The van der Waals surface area contributed by atoms with Gasteiger partial charge in [0.15, 0.2) is 5.17 Å². The van der Waals surface area contributed by atoms with Gasteiger partial charge in [0.1, 0.15) is 11.6 Å². The molecule has 0 radical (unpaired) electrons. The van der Waals surface area contributed by atoms with E-state index in [9.17, 15) is 9.18 Å². The van der Waals surface area contributed by atoms with E-state index in [-0.39, 0.29) is 17.0 Å². The van der Waals surface area contributed by atoms with Crippen LogP contribution in [0.5, 0.6) is 5.75 Å². The summed E-state index contributed by atoms with van der Waals surface area (Å²) in [7, 11) is 0. The third-order valence-corrected chi connectivity index (χ3v) is 5.06. The Hall–Kier alpha value is -2.67. The highest BCUT2D eigenvalue weighted by molar-refractivity contribution is 8.15. The number of amides is 1. The van der Waals surface area contributed by atoms with E-state index < -0.39 is 0 Å². The van der Waals surface area contributed by atoms with Crippen LogP contribution in [-0.4, -0.2) is 28.6 Å². The van der Waals surface area contributed by atoms with Crippen molar-refractivity contribution in [3.63, 3.8) is 0 Å². The maximum absolute atomic E-state index is 13.0. The first-order valence-corrected chi connectivity index (χ1v) is 9.50. The lowest BCUT2D eigenvalue weighted by atomic mass is 10.1. The second-order valence-corrected chi connectivity index (χ2v) is 7.17. The van der Waals surface area contributed by atoms with E-state index in [4.69, 9.17) is 4.74 Å². The molecular weight excluding hydrogens is 365 g/mol. The van der Waals surface area contributed by atoms with E-state index in [1.54, 1.807) is 19.1 Å². The number of nitrogens with zero attached hydrogens (tertiary/aromatic N) is 2. The van der Waals surface area contributed by atoms with Crippen molar-refractivity contribution in [2.24, 2.45) is 10.2 Å². The molecule has 1 saturated heterocycles. The van der Waals surface area contributed by atoms with Gasteiger partial charge in [-0.3, -0.25) is 4.79 Å². The molecule has 0 spiro atoms. The lowest BCUT2D eigenvalue weighted by molar-refractivity contribution is -0.118. The van der Waals surface area contributed by atoms with Crippen molar-refractivity contribution in [2.45, 2.75) is 25.5 Å². The molecule has 7 heteroatoms. The number of carbonyl (C=O) groups is 1. The van der Waals surface area contributed by atoms with Gasteiger partial charge in [0.2, 0.25) is 5.91 Å². The standard InChI is InChI=1S/C20H20FN3O2S/c1-3-26-17-10-4-14(5-11-17)12-18-19(25)22-20(27-18)24-23-13(2)15-6-8-16(21)9-7-15/h4-11,18H,3,12H2,1-2H3,(H,22,24,25). The van der Waals surface area contributed by atoms with Crippen LogP contribution in [0.25, 0.3) is 0 Å². The van der Waals surface area contributed by atoms with Crippen LogP contribution < -0.4 is 10.1 Å². The van der Waals surface area contributed by atoms with E-state index in [1.807, 2.05) is 31.2 Å². The molecule has 1 heterocycles. The highest BCUT2D eigenvalue weighted by Gasteiger charge is 2.30. The Morgan fingerprint density at radius 3 is 2.56 bits per heavy atom. The van der Waals surface area contributed by atoms with Gasteiger partial charge in [-0.25, -0.2) is 4.39 Å². The highest BCUT2D eigenvalue weighted by atomic mass is 32.2. The Labute approximate surface area is 161 Å². The molecule has 0 saturated carbocycles. The number of rotatable bonds is 6. The van der Waals surface area contributed by atoms with Gasteiger partial charge in [0.05, 0.1) is 17.6 Å². The molecule has 3 rings (SSSR count). The van der Waals surface area contributed by atoms with Crippen LogP contribution in [0.2, 0.25) is 0 Å². The second-order valence-electron chi connectivity index (χ2n) is 5.97. The Kier molecular flexibility index (Phi) is 6.24. The van der Waals surface area contributed by atoms with Crippen LogP contribution in [0.4, 0.5) is 4.39 Å². The fourth-order valence-corrected chi connectivity index (χ4v) is 3.52. The maximum Gasteiger partial charge on any atom is 0.239 e. The van der Waals surface area contributed by atoms with Gasteiger partial charge in [-0.2, -0.15) is 5.10 Å². The number of carbonyl (C=O) groups excluding carboxylic acids is 1. The first-order chi connectivity index (χ1) is 13.0. The molecule has 0 bridgehead atoms. The number of hydrogen-bond acceptors (Lipinski definition) is 5. The molecule has 1 aliphatic heterocycles. The van der Waals surface area contributed by atoms with Gasteiger partial charge in [-0.15, -0.1) is 5.10 Å². The summed E-state index contributed by atoms with van der Waals surface area (Å²) in [5.41, 5.74) is 2.48. The van der Waals surface area contributed by atoms with E-state index in [0.717, 1.165) is 16.9 Å². The monoisotopic (exact) mass is 385 g/mol. The molecule has 0 aromatic heterocycles. The van der Waals surface area contributed by atoms with Gasteiger partial charge in [0, 0.05) is 0 Å². The van der Waals surface area contributed by atoms with Crippen LogP contribution in [0.1, 0.15) is 25.0 Å². The largest absolute Gasteiger partial charge is 0.494 e. The Bertz CT molecular complexity index is 864. The summed E-state index contributed by atoms with van der Waals surface area (Å²) >= 11 is 1.36. The van der Waals surface area contributed by atoms with Gasteiger partial charge in [0.25, 0.3) is 0 Å². The molecule has 1 amide bonds. The summed E-state index contributed by atoms with van der Waals surface area (Å²) in [4.78, 5) is 12.2. The summed E-state index contributed by atoms with van der Waals surface area (Å²) in [6.07, 6.45) is 0.600. The van der Waals surface area contributed by atoms with Crippen molar-refractivity contribution in [3.8, 4) is 5.75 Å². The first kappa shape index (κ1) is 19.1. The summed E-state index contributed by atoms with van der Waals surface area (Å²) in [6, 6.07) is 13.8. The molecule has 1 atom stereocenters. The van der Waals surface area contributed by atoms with Crippen LogP contribution in [-0.2, 0) is 11.2 Å². The van der Waals surface area contributed by atoms with Crippen LogP contribution in [0.15, 0.2) is 58.7 Å². The van der Waals surface area contributed by atoms with Gasteiger partial charge in [-0.1, -0.05) is 36.0 Å². The second kappa shape index (κ2) is 8.81. The number of thioether (sulfide) groups is 1. The minimum atomic E-state index is -0.298. The SMILES string of the molecule is CCOc1ccc(CC2S/C(=N/N=C(C)c3ccc(F)cc3)NC2=O)cc1. The molecule has 1 aliphatic rings. The van der Waals surface area contributed by atoms with Gasteiger partial charge >= 0.3 is 0 Å². The minimum Gasteiger partial charge on any atom is -0.494 e. The predicted molar refractivity (Wildman–Crippen MR) is 107 cm³/mol. The van der Waals surface area contributed by atoms with Crippen molar-refractivity contribution in [1.29, 1.82) is 0 Å². The fraction of sp³-hybridized carbons (Fsp3) is 0.250. The van der Waals surface area contributed by atoms with Crippen molar-refractivity contribution in [2.75, 3.05) is 6.61 Å². The lowest BCUT2D eigenvalue weighted by Gasteiger charge is -2.07. The maximum atomic E-state index is 13.0. The number of halogens is 1. The zero-order chi connectivity index (χ0) is 19.2. The topological polar surface area (TPSA) is 63.1 Å². The Morgan fingerprint density at radius 2 is 1.89 bits per heavy atom. The molecule has 2 aromatic carbocycles. The Balaban J connectivity index is 1.63. The van der Waals surface area contributed by atoms with E-state index >= 15 is 0 Å². The Morgan fingerprint density at radius 1 is 1.19 bits per heavy atom. The van der Waals surface area contributed by atoms with Crippen molar-refractivity contribution in [1.82, 2.24) is 5.32 Å². The van der Waals surface area contributed by atoms with Gasteiger partial charge in [-0.05, 0) is 55.7 Å². The molecule has 0 aliphatic carbocycles. The third kappa shape index (κ3) is 5.17. The van der Waals surface area contributed by atoms with Crippen LogP contribution in [0.3, 0.4) is 0 Å². The van der Waals surface area contributed by atoms with E-state index in [1.165, 1.54) is 23.9 Å². The van der Waals surface area contributed by atoms with E-state index in [2.05, 4.69) is 15.5 Å². The molecule has 1 unspecified atom stereocenters. The lowest BCUT2D eigenvalue weighted by Crippen LogP contribution is -2.25. The molecule has 140 valence electrons. The number of benzene rings is 2. The number of amidine groups is 1. The number of nitrogens with one attached hydrogen (secondary N) is 1. The van der Waals surface area contributed by atoms with Crippen molar-refractivity contribution in [3.05, 3.63) is 65.5 Å². The number of ether oxygens (including phenoxy) is 1. The minimum absolute atomic E-state index is 0.0812. The highest BCUT2D eigenvalue weighted by Crippen LogP contribution is 2.24. The molecular formula is C20H20FN3O2S. The molecule has 5 nitrogen and oxygen atoms in total. The zero-order valence-electron chi connectivity index (χ0n) is 15.1. The first-order valence-electron chi connectivity index (χ1n) is 8.62. The normalized spacial score (nSPS) is 18.6. The quantitative estimate of drug-likeness (QED) is 0.608. The van der Waals surface area contributed by atoms with Crippen LogP contribution in [0, 0.1) is 5.82 Å². The average Bonchev–Trinajstić information content (AvgIpc) is 3.01. The zero-order valence-corrected chi connectivity index (χ0v) is 15.9. The third-order valence-electron chi connectivity index (χ3n) is 3.98. The summed E-state index contributed by atoms with van der Waals surface area (Å²) < 4.78 is 18.4. The van der Waals surface area contributed by atoms with E-state index in [0.29, 0.717) is 23.9 Å². The average molecular weight is 385 g/mol. The molecule has 1 N–H and O–H groups in total. The fourth-order valence-electron chi connectivity index (χ4n) is 2.56.